The first-order valence-corrected chi connectivity index (χ1v) is 6.26. The van der Waals surface area contributed by atoms with Crippen LogP contribution in [-0.4, -0.2) is 23.3 Å². The van der Waals surface area contributed by atoms with Gasteiger partial charge in [-0.1, -0.05) is 12.5 Å². The molecule has 1 unspecified atom stereocenters. The molecular weight excluding hydrogens is 236 g/mol. The van der Waals surface area contributed by atoms with E-state index in [2.05, 4.69) is 0 Å². The summed E-state index contributed by atoms with van der Waals surface area (Å²) in [7, 11) is 0. The second-order valence-corrected chi connectivity index (χ2v) is 4.83. The number of Topliss-reactive ketones (excluding diaryl/α,β-unsaturated/α-hetero) is 1. The number of ketones is 1. The molecular formula is C14H17F2NO. The Labute approximate surface area is 106 Å². The summed E-state index contributed by atoms with van der Waals surface area (Å²) in [4.78, 5) is 13.5. The largest absolute Gasteiger partial charge is 0.298 e. The summed E-state index contributed by atoms with van der Waals surface area (Å²) in [5.41, 5.74) is 0.449. The van der Waals surface area contributed by atoms with Crippen LogP contribution in [0.4, 0.5) is 8.78 Å². The summed E-state index contributed by atoms with van der Waals surface area (Å²) < 4.78 is 26.4. The van der Waals surface area contributed by atoms with Gasteiger partial charge in [0.2, 0.25) is 0 Å². The predicted octanol–water partition coefficient (Wildman–Crippen LogP) is 2.91. The molecule has 1 atom stereocenters. The maximum Gasteiger partial charge on any atom is 0.146 e. The summed E-state index contributed by atoms with van der Waals surface area (Å²) in [6, 6.07) is 3.48. The van der Waals surface area contributed by atoms with Crippen molar-refractivity contribution in [3.8, 4) is 0 Å². The Kier molecular flexibility index (Phi) is 4.07. The summed E-state index contributed by atoms with van der Waals surface area (Å²) >= 11 is 0. The monoisotopic (exact) mass is 253 g/mol. The molecule has 2 rings (SSSR count). The molecule has 1 aromatic carbocycles. The highest BCUT2D eigenvalue weighted by Gasteiger charge is 2.26. The number of likely N-dealkylation sites (tertiary alicyclic amines) is 1. The van der Waals surface area contributed by atoms with Gasteiger partial charge in [0.15, 0.2) is 0 Å². The zero-order valence-electron chi connectivity index (χ0n) is 10.5. The molecule has 0 bridgehead atoms. The number of nitrogens with zero attached hydrogens (tertiary/aromatic N) is 1. The first-order valence-electron chi connectivity index (χ1n) is 6.26. The highest BCUT2D eigenvalue weighted by molar-refractivity contribution is 5.81. The van der Waals surface area contributed by atoms with Crippen LogP contribution < -0.4 is 0 Å². The van der Waals surface area contributed by atoms with E-state index in [-0.39, 0.29) is 11.8 Å². The van der Waals surface area contributed by atoms with Crippen molar-refractivity contribution in [1.82, 2.24) is 4.90 Å². The minimum atomic E-state index is -0.571. The molecule has 0 aliphatic carbocycles. The molecule has 0 saturated carbocycles. The molecule has 0 radical (unpaired) electrons. The number of rotatable bonds is 3. The Balaban J connectivity index is 2.13. The maximum absolute atomic E-state index is 13.6. The van der Waals surface area contributed by atoms with Gasteiger partial charge in [0, 0.05) is 18.2 Å². The Morgan fingerprint density at radius 3 is 2.83 bits per heavy atom. The van der Waals surface area contributed by atoms with Gasteiger partial charge < -0.3 is 0 Å². The van der Waals surface area contributed by atoms with Crippen molar-refractivity contribution in [3.63, 3.8) is 0 Å². The van der Waals surface area contributed by atoms with Gasteiger partial charge in [-0.05, 0) is 32.4 Å². The molecule has 98 valence electrons. The molecule has 1 saturated heterocycles. The normalized spacial score (nSPS) is 20.9. The van der Waals surface area contributed by atoms with Crippen molar-refractivity contribution < 1.29 is 13.6 Å². The van der Waals surface area contributed by atoms with Gasteiger partial charge in [-0.2, -0.15) is 0 Å². The number of halogens is 2. The van der Waals surface area contributed by atoms with Crippen LogP contribution in [0.3, 0.4) is 0 Å². The molecule has 4 heteroatoms. The molecule has 0 spiro atoms. The maximum atomic E-state index is 13.6. The van der Waals surface area contributed by atoms with Crippen LogP contribution in [0.5, 0.6) is 0 Å². The topological polar surface area (TPSA) is 20.3 Å². The van der Waals surface area contributed by atoms with Crippen molar-refractivity contribution in [3.05, 3.63) is 35.4 Å². The fraction of sp³-hybridized carbons (Fsp3) is 0.500. The SMILES string of the molecule is CC(=O)C1CCCCN1Cc1ccc(F)cc1F. The van der Waals surface area contributed by atoms with Crippen LogP contribution >= 0.6 is 0 Å². The van der Waals surface area contributed by atoms with Crippen LogP contribution in [-0.2, 0) is 11.3 Å². The molecule has 1 heterocycles. The summed E-state index contributed by atoms with van der Waals surface area (Å²) in [6.45, 7) is 2.74. The summed E-state index contributed by atoms with van der Waals surface area (Å²) in [6.07, 6.45) is 2.89. The van der Waals surface area contributed by atoms with Gasteiger partial charge in [-0.15, -0.1) is 0 Å². The smallest absolute Gasteiger partial charge is 0.146 e. The van der Waals surface area contributed by atoms with Crippen molar-refractivity contribution in [1.29, 1.82) is 0 Å². The van der Waals surface area contributed by atoms with Crippen molar-refractivity contribution >= 4 is 5.78 Å². The molecule has 0 N–H and O–H groups in total. The van der Waals surface area contributed by atoms with Gasteiger partial charge in [0.1, 0.15) is 17.4 Å². The fourth-order valence-electron chi connectivity index (χ4n) is 2.51. The molecule has 18 heavy (non-hydrogen) atoms. The third-order valence-electron chi connectivity index (χ3n) is 3.47. The molecule has 1 fully saturated rings. The second-order valence-electron chi connectivity index (χ2n) is 4.83. The minimum absolute atomic E-state index is 0.122. The lowest BCUT2D eigenvalue weighted by atomic mass is 9.98. The zero-order chi connectivity index (χ0) is 13.1. The van der Waals surface area contributed by atoms with Gasteiger partial charge in [0.25, 0.3) is 0 Å². The summed E-state index contributed by atoms with van der Waals surface area (Å²) in [5, 5.41) is 0. The van der Waals surface area contributed by atoms with Crippen molar-refractivity contribution in [2.45, 2.75) is 38.8 Å². The molecule has 0 amide bonds. The first kappa shape index (κ1) is 13.1. The van der Waals surface area contributed by atoms with E-state index in [1.807, 2.05) is 4.90 Å². The lowest BCUT2D eigenvalue weighted by molar-refractivity contribution is -0.123. The molecule has 1 aliphatic rings. The number of piperidine rings is 1. The third kappa shape index (κ3) is 2.93. The van der Waals surface area contributed by atoms with E-state index >= 15 is 0 Å². The average Bonchev–Trinajstić information content (AvgIpc) is 2.33. The Bertz CT molecular complexity index is 447. The van der Waals surface area contributed by atoms with Crippen LogP contribution in [0.25, 0.3) is 0 Å². The third-order valence-corrected chi connectivity index (χ3v) is 3.47. The Morgan fingerprint density at radius 2 is 2.17 bits per heavy atom. The van der Waals surface area contributed by atoms with Crippen molar-refractivity contribution in [2.75, 3.05) is 6.54 Å². The number of hydrogen-bond acceptors (Lipinski definition) is 2. The van der Waals surface area contributed by atoms with E-state index in [1.165, 1.54) is 12.1 Å². The average molecular weight is 253 g/mol. The highest BCUT2D eigenvalue weighted by Crippen LogP contribution is 2.21. The van der Waals surface area contributed by atoms with Gasteiger partial charge in [0.05, 0.1) is 6.04 Å². The minimum Gasteiger partial charge on any atom is -0.298 e. The standard InChI is InChI=1S/C14H17F2NO/c1-10(18)14-4-2-3-7-17(14)9-11-5-6-12(15)8-13(11)16/h5-6,8,14H,2-4,7,9H2,1H3. The number of hydrogen-bond donors (Lipinski definition) is 0. The van der Waals surface area contributed by atoms with E-state index in [0.717, 1.165) is 31.9 Å². The Hall–Kier alpha value is -1.29. The number of benzene rings is 1. The molecule has 0 aromatic heterocycles. The second kappa shape index (κ2) is 5.57. The van der Waals surface area contributed by atoms with Crippen LogP contribution in [0.1, 0.15) is 31.7 Å². The lowest BCUT2D eigenvalue weighted by Gasteiger charge is -2.34. The first-order chi connectivity index (χ1) is 8.58. The van der Waals surface area contributed by atoms with Gasteiger partial charge in [-0.3, -0.25) is 9.69 Å². The van der Waals surface area contributed by atoms with E-state index in [9.17, 15) is 13.6 Å². The van der Waals surface area contributed by atoms with E-state index in [1.54, 1.807) is 6.92 Å². The highest BCUT2D eigenvalue weighted by atomic mass is 19.1. The fourth-order valence-corrected chi connectivity index (χ4v) is 2.51. The van der Waals surface area contributed by atoms with E-state index < -0.39 is 11.6 Å². The molecule has 1 aliphatic heterocycles. The molecule has 2 nitrogen and oxygen atoms in total. The zero-order valence-corrected chi connectivity index (χ0v) is 10.5. The number of carbonyl (C=O) groups excluding carboxylic acids is 1. The number of carbonyl (C=O) groups is 1. The van der Waals surface area contributed by atoms with Crippen LogP contribution in [0.15, 0.2) is 18.2 Å². The quantitative estimate of drug-likeness (QED) is 0.825. The van der Waals surface area contributed by atoms with Gasteiger partial charge >= 0.3 is 0 Å². The van der Waals surface area contributed by atoms with Crippen LogP contribution in [0.2, 0.25) is 0 Å². The lowest BCUT2D eigenvalue weighted by Crippen LogP contribution is -2.43. The predicted molar refractivity (Wildman–Crippen MR) is 65.1 cm³/mol. The van der Waals surface area contributed by atoms with Crippen molar-refractivity contribution in [2.24, 2.45) is 0 Å². The van der Waals surface area contributed by atoms with Gasteiger partial charge in [-0.25, -0.2) is 8.78 Å². The van der Waals surface area contributed by atoms with E-state index in [0.29, 0.717) is 12.1 Å². The Morgan fingerprint density at radius 1 is 1.39 bits per heavy atom. The molecule has 1 aromatic rings. The van der Waals surface area contributed by atoms with Crippen LogP contribution in [0, 0.1) is 11.6 Å². The van der Waals surface area contributed by atoms with E-state index in [4.69, 9.17) is 0 Å². The summed E-state index contributed by atoms with van der Waals surface area (Å²) in [5.74, 6) is -0.988.